The van der Waals surface area contributed by atoms with Crippen LogP contribution >= 0.6 is 23.4 Å². The fraction of sp³-hybridized carbons (Fsp3) is 0.476. The van der Waals surface area contributed by atoms with Gasteiger partial charge in [-0.3, -0.25) is 4.79 Å². The van der Waals surface area contributed by atoms with Crippen LogP contribution in [0, 0.1) is 19.8 Å². The number of amides is 1. The highest BCUT2D eigenvalue weighted by Crippen LogP contribution is 2.38. The first-order valence-electron chi connectivity index (χ1n) is 9.41. The van der Waals surface area contributed by atoms with Crippen LogP contribution < -0.4 is 5.32 Å². The number of halogens is 1. The first kappa shape index (κ1) is 20.2. The molecule has 4 nitrogen and oxygen atoms in total. The van der Waals surface area contributed by atoms with Crippen molar-refractivity contribution in [3.8, 4) is 0 Å². The summed E-state index contributed by atoms with van der Waals surface area (Å²) in [5.41, 5.74) is 4.15. The van der Waals surface area contributed by atoms with Gasteiger partial charge < -0.3 is 5.32 Å². The Balaban J connectivity index is 1.65. The van der Waals surface area contributed by atoms with Crippen molar-refractivity contribution in [1.82, 2.24) is 15.3 Å². The molecular formula is C21H26ClN3OS. The maximum atomic E-state index is 12.7. The van der Waals surface area contributed by atoms with Crippen LogP contribution in [0.5, 0.6) is 0 Å². The highest BCUT2D eigenvalue weighted by molar-refractivity contribution is 7.98. The molecule has 1 aromatic carbocycles. The van der Waals surface area contributed by atoms with E-state index in [1.165, 1.54) is 18.2 Å². The number of carbonyl (C=O) groups is 1. The van der Waals surface area contributed by atoms with Gasteiger partial charge in [0.2, 0.25) is 5.91 Å². The number of hydrogen-bond donors (Lipinski definition) is 1. The molecular weight excluding hydrogens is 378 g/mol. The van der Waals surface area contributed by atoms with Gasteiger partial charge in [0.1, 0.15) is 0 Å². The predicted molar refractivity (Wildman–Crippen MR) is 111 cm³/mol. The monoisotopic (exact) mass is 403 g/mol. The third-order valence-electron chi connectivity index (χ3n) is 5.35. The zero-order chi connectivity index (χ0) is 19.4. The summed E-state index contributed by atoms with van der Waals surface area (Å²) < 4.78 is 0. The lowest BCUT2D eigenvalue weighted by atomic mass is 9.77. The Bertz CT molecular complexity index is 783. The molecule has 1 unspecified atom stereocenters. The summed E-state index contributed by atoms with van der Waals surface area (Å²) in [7, 11) is 0. The second kappa shape index (κ2) is 9.07. The van der Waals surface area contributed by atoms with Crippen LogP contribution in [0.3, 0.4) is 0 Å². The van der Waals surface area contributed by atoms with Gasteiger partial charge >= 0.3 is 0 Å². The lowest BCUT2D eigenvalue weighted by Gasteiger charge is -2.34. The number of rotatable bonds is 7. The lowest BCUT2D eigenvalue weighted by Crippen LogP contribution is -2.36. The zero-order valence-electron chi connectivity index (χ0n) is 16.1. The number of nitrogens with one attached hydrogen (secondary N) is 1. The molecule has 1 heterocycles. The van der Waals surface area contributed by atoms with Crippen LogP contribution in [0.2, 0.25) is 5.02 Å². The average molecular weight is 404 g/mol. The highest BCUT2D eigenvalue weighted by Gasteiger charge is 2.29. The van der Waals surface area contributed by atoms with Gasteiger partial charge in [0.05, 0.1) is 6.04 Å². The normalized spacial score (nSPS) is 15.3. The van der Waals surface area contributed by atoms with Gasteiger partial charge in [0, 0.05) is 22.8 Å². The van der Waals surface area contributed by atoms with Gasteiger partial charge in [0.15, 0.2) is 5.16 Å². The summed E-state index contributed by atoms with van der Waals surface area (Å²) in [6, 6.07) is 7.91. The van der Waals surface area contributed by atoms with Crippen molar-refractivity contribution in [3.05, 3.63) is 51.8 Å². The number of hydrogen-bond acceptors (Lipinski definition) is 4. The van der Waals surface area contributed by atoms with E-state index in [9.17, 15) is 4.79 Å². The number of benzene rings is 1. The van der Waals surface area contributed by atoms with E-state index in [0.29, 0.717) is 18.8 Å². The minimum atomic E-state index is 0.0702. The van der Waals surface area contributed by atoms with Gasteiger partial charge in [-0.2, -0.15) is 0 Å². The number of aromatic nitrogens is 2. The lowest BCUT2D eigenvalue weighted by molar-refractivity contribution is -0.122. The molecule has 1 aromatic heterocycles. The van der Waals surface area contributed by atoms with Crippen molar-refractivity contribution in [2.24, 2.45) is 5.92 Å². The van der Waals surface area contributed by atoms with E-state index in [2.05, 4.69) is 15.3 Å². The quantitative estimate of drug-likeness (QED) is 0.518. The fourth-order valence-electron chi connectivity index (χ4n) is 3.56. The van der Waals surface area contributed by atoms with Crippen molar-refractivity contribution in [3.63, 3.8) is 0 Å². The number of aryl methyl sites for hydroxylation is 2. The van der Waals surface area contributed by atoms with Gasteiger partial charge in [-0.05, 0) is 68.5 Å². The Morgan fingerprint density at radius 3 is 2.37 bits per heavy atom. The highest BCUT2D eigenvalue weighted by atomic mass is 35.5. The largest absolute Gasteiger partial charge is 0.349 e. The Kier molecular flexibility index (Phi) is 6.77. The van der Waals surface area contributed by atoms with Crippen LogP contribution in [-0.2, 0) is 11.2 Å². The topological polar surface area (TPSA) is 54.9 Å². The molecule has 144 valence electrons. The van der Waals surface area contributed by atoms with E-state index in [4.69, 9.17) is 11.6 Å². The molecule has 0 bridgehead atoms. The third kappa shape index (κ3) is 5.02. The second-order valence-corrected chi connectivity index (χ2v) is 8.36. The number of thioether (sulfide) groups is 1. The summed E-state index contributed by atoms with van der Waals surface area (Å²) in [6.45, 7) is 3.99. The molecule has 1 aliphatic carbocycles. The molecule has 0 aliphatic heterocycles. The molecule has 0 spiro atoms. The van der Waals surface area contributed by atoms with E-state index >= 15 is 0 Å². The molecule has 1 saturated carbocycles. The maximum Gasteiger partial charge on any atom is 0.220 e. The first-order valence-corrected chi connectivity index (χ1v) is 11.0. The fourth-order valence-corrected chi connectivity index (χ4v) is 4.14. The standard InChI is InChI=1S/C21H26ClN3OS/c1-13-18(14(2)24-21(23-13)27-3)11-12-19(26)25-20(15-5-4-6-15)16-7-9-17(22)10-8-16/h7-10,15,20H,4-6,11-12H2,1-3H3,(H,25,26). The second-order valence-electron chi connectivity index (χ2n) is 7.15. The third-order valence-corrected chi connectivity index (χ3v) is 6.15. The zero-order valence-corrected chi connectivity index (χ0v) is 17.7. The van der Waals surface area contributed by atoms with Crippen LogP contribution in [0.4, 0.5) is 0 Å². The van der Waals surface area contributed by atoms with Crippen LogP contribution in [-0.4, -0.2) is 22.1 Å². The summed E-state index contributed by atoms with van der Waals surface area (Å²) in [5.74, 6) is 0.595. The molecule has 2 aromatic rings. The van der Waals surface area contributed by atoms with Crippen molar-refractivity contribution in [2.45, 2.75) is 57.1 Å². The Hall–Kier alpha value is -1.59. The molecule has 0 radical (unpaired) electrons. The minimum Gasteiger partial charge on any atom is -0.349 e. The minimum absolute atomic E-state index is 0.0702. The molecule has 6 heteroatoms. The molecule has 1 amide bonds. The summed E-state index contributed by atoms with van der Waals surface area (Å²) >= 11 is 7.56. The van der Waals surface area contributed by atoms with E-state index in [-0.39, 0.29) is 11.9 Å². The number of carbonyl (C=O) groups excluding carboxylic acids is 1. The molecule has 1 N–H and O–H groups in total. The maximum absolute atomic E-state index is 12.7. The van der Waals surface area contributed by atoms with Gasteiger partial charge in [0.25, 0.3) is 0 Å². The molecule has 1 atom stereocenters. The van der Waals surface area contributed by atoms with Crippen LogP contribution in [0.15, 0.2) is 29.4 Å². The molecule has 3 rings (SSSR count). The summed E-state index contributed by atoms with van der Waals surface area (Å²) in [6.07, 6.45) is 6.64. The van der Waals surface area contributed by atoms with Crippen molar-refractivity contribution < 1.29 is 4.79 Å². The van der Waals surface area contributed by atoms with Gasteiger partial charge in [-0.1, -0.05) is 41.9 Å². The van der Waals surface area contributed by atoms with E-state index in [0.717, 1.165) is 45.5 Å². The SMILES string of the molecule is CSc1nc(C)c(CCC(=O)NC(c2ccc(Cl)cc2)C2CCC2)c(C)n1. The average Bonchev–Trinajstić information content (AvgIpc) is 2.59. The van der Waals surface area contributed by atoms with E-state index < -0.39 is 0 Å². The molecule has 0 saturated heterocycles. The van der Waals surface area contributed by atoms with Crippen LogP contribution in [0.1, 0.15) is 54.2 Å². The van der Waals surface area contributed by atoms with E-state index in [1.807, 2.05) is 44.4 Å². The van der Waals surface area contributed by atoms with Gasteiger partial charge in [-0.15, -0.1) is 0 Å². The number of nitrogens with zero attached hydrogens (tertiary/aromatic N) is 2. The van der Waals surface area contributed by atoms with Crippen molar-refractivity contribution in [2.75, 3.05) is 6.26 Å². The van der Waals surface area contributed by atoms with Crippen molar-refractivity contribution >= 4 is 29.3 Å². The molecule has 27 heavy (non-hydrogen) atoms. The first-order chi connectivity index (χ1) is 13.0. The van der Waals surface area contributed by atoms with Gasteiger partial charge in [-0.25, -0.2) is 9.97 Å². The molecule has 1 aliphatic rings. The summed E-state index contributed by atoms with van der Waals surface area (Å²) in [4.78, 5) is 21.7. The smallest absolute Gasteiger partial charge is 0.220 e. The molecule has 1 fully saturated rings. The predicted octanol–water partition coefficient (Wildman–Crippen LogP) is 5.06. The Morgan fingerprint density at radius 2 is 1.85 bits per heavy atom. The van der Waals surface area contributed by atoms with Crippen molar-refractivity contribution in [1.29, 1.82) is 0 Å². The van der Waals surface area contributed by atoms with E-state index in [1.54, 1.807) is 0 Å². The summed E-state index contributed by atoms with van der Waals surface area (Å²) in [5, 5.41) is 4.76. The Labute approximate surface area is 170 Å². The Morgan fingerprint density at radius 1 is 1.22 bits per heavy atom. The van der Waals surface area contributed by atoms with Crippen LogP contribution in [0.25, 0.3) is 0 Å².